The molecule has 0 aliphatic carbocycles. The van der Waals surface area contributed by atoms with Crippen molar-refractivity contribution in [2.24, 2.45) is 4.99 Å². The molecule has 1 saturated heterocycles. The Morgan fingerprint density at radius 1 is 1.03 bits per heavy atom. The van der Waals surface area contributed by atoms with Gasteiger partial charge in [-0.05, 0) is 35.7 Å². The fourth-order valence-corrected chi connectivity index (χ4v) is 3.31. The molecule has 1 fully saturated rings. The van der Waals surface area contributed by atoms with Crippen LogP contribution in [0.4, 0.5) is 0 Å². The van der Waals surface area contributed by atoms with E-state index in [0.717, 1.165) is 63.2 Å². The zero-order valence-corrected chi connectivity index (χ0v) is 20.2. The topological polar surface area (TPSA) is 58.1 Å². The molecule has 6 nitrogen and oxygen atoms in total. The van der Waals surface area contributed by atoms with E-state index in [9.17, 15) is 0 Å². The van der Waals surface area contributed by atoms with Gasteiger partial charge >= 0.3 is 0 Å². The first-order valence-electron chi connectivity index (χ1n) is 10.3. The number of hydrogen-bond acceptors (Lipinski definition) is 4. The van der Waals surface area contributed by atoms with Crippen molar-refractivity contribution >= 4 is 29.9 Å². The lowest BCUT2D eigenvalue weighted by Crippen LogP contribution is -2.38. The summed E-state index contributed by atoms with van der Waals surface area (Å²) >= 11 is 0. The highest BCUT2D eigenvalue weighted by Gasteiger charge is 2.12. The first-order valence-corrected chi connectivity index (χ1v) is 10.3. The SMILES string of the molecule is CCNC(=NCc1ccc(OC)cc1)NCc1ccccc1CN1CCOCC1.I. The van der Waals surface area contributed by atoms with Crippen LogP contribution in [0.5, 0.6) is 5.75 Å². The third kappa shape index (κ3) is 7.77. The van der Waals surface area contributed by atoms with E-state index in [1.807, 2.05) is 24.3 Å². The molecule has 164 valence electrons. The van der Waals surface area contributed by atoms with Gasteiger partial charge in [-0.1, -0.05) is 36.4 Å². The van der Waals surface area contributed by atoms with Crippen LogP contribution in [0, 0.1) is 0 Å². The molecule has 1 aliphatic heterocycles. The Labute approximate surface area is 197 Å². The predicted octanol–water partition coefficient (Wildman–Crippen LogP) is 3.40. The number of guanidine groups is 1. The van der Waals surface area contributed by atoms with Crippen molar-refractivity contribution in [2.75, 3.05) is 40.0 Å². The molecule has 0 bridgehead atoms. The molecule has 0 unspecified atom stereocenters. The molecule has 0 atom stereocenters. The van der Waals surface area contributed by atoms with Gasteiger partial charge in [0.25, 0.3) is 0 Å². The fourth-order valence-electron chi connectivity index (χ4n) is 3.31. The molecule has 0 amide bonds. The fraction of sp³-hybridized carbons (Fsp3) is 0.435. The average Bonchev–Trinajstić information content (AvgIpc) is 2.77. The molecule has 2 aromatic carbocycles. The summed E-state index contributed by atoms with van der Waals surface area (Å²) in [6.07, 6.45) is 0. The minimum absolute atomic E-state index is 0. The zero-order valence-electron chi connectivity index (χ0n) is 17.9. The van der Waals surface area contributed by atoms with Crippen LogP contribution in [0.1, 0.15) is 23.6 Å². The normalized spacial score (nSPS) is 14.7. The number of hydrogen-bond donors (Lipinski definition) is 2. The highest BCUT2D eigenvalue weighted by Crippen LogP contribution is 2.14. The minimum atomic E-state index is 0. The maximum atomic E-state index is 5.46. The third-order valence-corrected chi connectivity index (χ3v) is 4.99. The van der Waals surface area contributed by atoms with Gasteiger partial charge in [0, 0.05) is 32.7 Å². The Hall–Kier alpha value is -1.84. The summed E-state index contributed by atoms with van der Waals surface area (Å²) in [7, 11) is 1.68. The van der Waals surface area contributed by atoms with Crippen LogP contribution in [0.3, 0.4) is 0 Å². The van der Waals surface area contributed by atoms with Gasteiger partial charge in [-0.25, -0.2) is 4.99 Å². The summed E-state index contributed by atoms with van der Waals surface area (Å²) < 4.78 is 10.7. The van der Waals surface area contributed by atoms with Crippen LogP contribution in [-0.2, 0) is 24.4 Å². The zero-order chi connectivity index (χ0) is 20.3. The molecular formula is C23H33IN4O2. The van der Waals surface area contributed by atoms with Crippen molar-refractivity contribution in [3.63, 3.8) is 0 Å². The molecule has 0 aromatic heterocycles. The predicted molar refractivity (Wildman–Crippen MR) is 133 cm³/mol. The summed E-state index contributed by atoms with van der Waals surface area (Å²) in [4.78, 5) is 7.18. The lowest BCUT2D eigenvalue weighted by Gasteiger charge is -2.27. The standard InChI is InChI=1S/C23H32N4O2.HI/c1-3-24-23(25-16-19-8-10-22(28-2)11-9-19)26-17-20-6-4-5-7-21(20)18-27-12-14-29-15-13-27;/h4-11H,3,12-18H2,1-2H3,(H2,24,25,26);1H. The lowest BCUT2D eigenvalue weighted by molar-refractivity contribution is 0.0341. The number of nitrogens with zero attached hydrogens (tertiary/aromatic N) is 2. The largest absolute Gasteiger partial charge is 0.497 e. The Morgan fingerprint density at radius 3 is 2.40 bits per heavy atom. The van der Waals surface area contributed by atoms with E-state index in [1.165, 1.54) is 11.1 Å². The second kappa shape index (κ2) is 13.5. The van der Waals surface area contributed by atoms with Crippen LogP contribution in [0.15, 0.2) is 53.5 Å². The van der Waals surface area contributed by atoms with Crippen LogP contribution in [0.2, 0.25) is 0 Å². The summed E-state index contributed by atoms with van der Waals surface area (Å²) in [6, 6.07) is 16.6. The van der Waals surface area contributed by atoms with E-state index in [0.29, 0.717) is 6.54 Å². The molecular weight excluding hydrogens is 491 g/mol. The Bertz CT molecular complexity index is 777. The summed E-state index contributed by atoms with van der Waals surface area (Å²) in [5.74, 6) is 1.68. The van der Waals surface area contributed by atoms with Gasteiger partial charge in [-0.2, -0.15) is 0 Å². The Morgan fingerprint density at radius 2 is 1.73 bits per heavy atom. The van der Waals surface area contributed by atoms with Crippen LogP contribution < -0.4 is 15.4 Å². The highest BCUT2D eigenvalue weighted by molar-refractivity contribution is 14.0. The molecule has 3 rings (SSSR count). The quantitative estimate of drug-likeness (QED) is 0.315. The molecule has 0 spiro atoms. The maximum Gasteiger partial charge on any atom is 0.191 e. The van der Waals surface area contributed by atoms with Gasteiger partial charge in [-0.3, -0.25) is 4.90 Å². The number of benzene rings is 2. The van der Waals surface area contributed by atoms with E-state index in [4.69, 9.17) is 14.5 Å². The summed E-state index contributed by atoms with van der Waals surface area (Å²) in [5, 5.41) is 6.81. The van der Waals surface area contributed by atoms with Crippen LogP contribution in [0.25, 0.3) is 0 Å². The van der Waals surface area contributed by atoms with Gasteiger partial charge < -0.3 is 20.1 Å². The molecule has 2 N–H and O–H groups in total. The van der Waals surface area contributed by atoms with Crippen LogP contribution >= 0.6 is 24.0 Å². The first-order chi connectivity index (χ1) is 14.3. The maximum absolute atomic E-state index is 5.46. The second-order valence-electron chi connectivity index (χ2n) is 7.05. The van der Waals surface area contributed by atoms with Crippen molar-refractivity contribution in [3.8, 4) is 5.75 Å². The monoisotopic (exact) mass is 524 g/mol. The van der Waals surface area contributed by atoms with E-state index in [1.54, 1.807) is 7.11 Å². The number of methoxy groups -OCH3 is 1. The van der Waals surface area contributed by atoms with E-state index in [2.05, 4.69) is 46.7 Å². The minimum Gasteiger partial charge on any atom is -0.497 e. The van der Waals surface area contributed by atoms with Crippen molar-refractivity contribution in [1.82, 2.24) is 15.5 Å². The number of ether oxygens (including phenoxy) is 2. The first kappa shape index (κ1) is 24.4. The molecule has 0 saturated carbocycles. The van der Waals surface area contributed by atoms with Gasteiger partial charge in [-0.15, -0.1) is 24.0 Å². The smallest absolute Gasteiger partial charge is 0.191 e. The van der Waals surface area contributed by atoms with Crippen molar-refractivity contribution in [1.29, 1.82) is 0 Å². The molecule has 2 aromatic rings. The average molecular weight is 524 g/mol. The Balaban J connectivity index is 0.00000320. The van der Waals surface area contributed by atoms with Gasteiger partial charge in [0.05, 0.1) is 26.9 Å². The van der Waals surface area contributed by atoms with E-state index < -0.39 is 0 Å². The molecule has 0 radical (unpaired) electrons. The number of nitrogens with one attached hydrogen (secondary N) is 2. The second-order valence-corrected chi connectivity index (χ2v) is 7.05. The molecule has 1 aliphatic rings. The molecule has 7 heteroatoms. The Kier molecular flexibility index (Phi) is 11.0. The van der Waals surface area contributed by atoms with Crippen molar-refractivity contribution < 1.29 is 9.47 Å². The number of rotatable bonds is 8. The third-order valence-electron chi connectivity index (χ3n) is 4.99. The van der Waals surface area contributed by atoms with Crippen molar-refractivity contribution in [3.05, 3.63) is 65.2 Å². The van der Waals surface area contributed by atoms with E-state index in [-0.39, 0.29) is 24.0 Å². The van der Waals surface area contributed by atoms with Gasteiger partial charge in [0.15, 0.2) is 5.96 Å². The number of aliphatic imine (C=N–C) groups is 1. The summed E-state index contributed by atoms with van der Waals surface area (Å²) in [5.41, 5.74) is 3.80. The summed E-state index contributed by atoms with van der Waals surface area (Å²) in [6.45, 7) is 8.86. The number of morpholine rings is 1. The van der Waals surface area contributed by atoms with E-state index >= 15 is 0 Å². The highest BCUT2D eigenvalue weighted by atomic mass is 127. The molecule has 30 heavy (non-hydrogen) atoms. The van der Waals surface area contributed by atoms with Gasteiger partial charge in [0.1, 0.15) is 5.75 Å². The van der Waals surface area contributed by atoms with Gasteiger partial charge in [0.2, 0.25) is 0 Å². The molecule has 1 heterocycles. The van der Waals surface area contributed by atoms with Crippen molar-refractivity contribution in [2.45, 2.75) is 26.6 Å². The van der Waals surface area contributed by atoms with Crippen LogP contribution in [-0.4, -0.2) is 50.8 Å². The number of halogens is 1. The lowest BCUT2D eigenvalue weighted by atomic mass is 10.1.